The van der Waals surface area contributed by atoms with Crippen LogP contribution in [0.4, 0.5) is 28.4 Å². The smallest absolute Gasteiger partial charge is 0.231 e. The van der Waals surface area contributed by atoms with E-state index in [9.17, 15) is 25.5 Å². The van der Waals surface area contributed by atoms with Crippen LogP contribution in [0.15, 0.2) is 109 Å². The third kappa shape index (κ3) is 14.7. The van der Waals surface area contributed by atoms with Crippen LogP contribution in [0.2, 0.25) is 0 Å². The highest BCUT2D eigenvalue weighted by Gasteiger charge is 2.45. The molecule has 0 saturated carbocycles. The first-order valence-electron chi connectivity index (χ1n) is 40.6. The molecule has 10 aromatic rings. The van der Waals surface area contributed by atoms with Gasteiger partial charge in [-0.1, -0.05) is 67.6 Å². The zero-order valence-corrected chi connectivity index (χ0v) is 73.3. The van der Waals surface area contributed by atoms with Crippen molar-refractivity contribution in [1.82, 2.24) is 0 Å². The first-order valence-corrected chi connectivity index (χ1v) is 43.1. The summed E-state index contributed by atoms with van der Waals surface area (Å²) in [6, 6.07) is 35.5. The Balaban J connectivity index is 0.000000118. The molecule has 1 aliphatic carbocycles. The van der Waals surface area contributed by atoms with Gasteiger partial charge in [0.05, 0.1) is 13.7 Å². The van der Waals surface area contributed by atoms with Crippen molar-refractivity contribution in [2.24, 2.45) is 0 Å². The predicted molar refractivity (Wildman–Crippen MR) is 479 cm³/mol. The van der Waals surface area contributed by atoms with Gasteiger partial charge in [-0.25, -0.2) is 0 Å². The van der Waals surface area contributed by atoms with Crippen LogP contribution in [0.1, 0.15) is 205 Å². The lowest BCUT2D eigenvalue weighted by Crippen LogP contribution is -2.41. The number of phenols is 5. The first kappa shape index (κ1) is 82.7. The van der Waals surface area contributed by atoms with Crippen LogP contribution in [0.3, 0.4) is 0 Å². The molecule has 5 N–H and O–H groups in total. The maximum absolute atomic E-state index is 10.6. The minimum atomic E-state index is -0.0506. The summed E-state index contributed by atoms with van der Waals surface area (Å²) in [4.78, 5) is 11.8. The number of benzene rings is 10. The number of fused-ring (bicyclic) bond motifs is 21. The Morgan fingerprint density at radius 2 is 0.833 bits per heavy atom. The highest BCUT2D eigenvalue weighted by molar-refractivity contribution is 6.22. The normalized spacial score (nSPS) is 19.6. The summed E-state index contributed by atoms with van der Waals surface area (Å²) < 4.78 is 22.8. The Morgan fingerprint density at radius 1 is 0.421 bits per heavy atom. The summed E-state index contributed by atoms with van der Waals surface area (Å²) in [5.41, 5.74) is 15.8. The van der Waals surface area contributed by atoms with Gasteiger partial charge in [-0.15, -0.1) is 58.0 Å². The molecule has 114 heavy (non-hydrogen) atoms. The van der Waals surface area contributed by atoms with Gasteiger partial charge in [-0.05, 0) is 210 Å². The second kappa shape index (κ2) is 31.2. The molecule has 14 nitrogen and oxygen atoms in total. The van der Waals surface area contributed by atoms with Gasteiger partial charge in [-0.2, -0.15) is 0 Å². The first-order chi connectivity index (χ1) is 53.8. The molecular weight excluding hydrogens is 1530 g/mol. The van der Waals surface area contributed by atoms with Crippen molar-refractivity contribution in [3.63, 3.8) is 0 Å². The molecule has 0 amide bonds. The van der Waals surface area contributed by atoms with Crippen molar-refractivity contribution in [2.75, 3.05) is 95.4 Å². The summed E-state index contributed by atoms with van der Waals surface area (Å²) >= 11 is 32.1. The van der Waals surface area contributed by atoms with E-state index >= 15 is 0 Å². The molecule has 0 fully saturated rings. The quantitative estimate of drug-likeness (QED) is 0.0962. The number of anilines is 5. The van der Waals surface area contributed by atoms with E-state index in [1.54, 1.807) is 7.11 Å². The molecule has 7 atom stereocenters. The van der Waals surface area contributed by atoms with Gasteiger partial charge in [0.2, 0.25) is 6.79 Å². The monoisotopic (exact) mass is 1640 g/mol. The van der Waals surface area contributed by atoms with Crippen molar-refractivity contribution in [3.05, 3.63) is 154 Å². The van der Waals surface area contributed by atoms with Crippen LogP contribution < -0.4 is 43.4 Å². The number of nitrogens with zero attached hydrogens (tertiary/aromatic N) is 5. The van der Waals surface area contributed by atoms with Crippen molar-refractivity contribution >= 4 is 140 Å². The summed E-state index contributed by atoms with van der Waals surface area (Å²) in [6.45, 7) is 42.5. The van der Waals surface area contributed by atoms with Crippen molar-refractivity contribution in [2.45, 2.75) is 218 Å². The fourth-order valence-electron chi connectivity index (χ4n) is 19.2. The molecule has 19 heteroatoms. The van der Waals surface area contributed by atoms with Crippen LogP contribution in [0.5, 0.6) is 51.7 Å². The van der Waals surface area contributed by atoms with Crippen LogP contribution in [-0.4, -0.2) is 135 Å². The number of methoxy groups -OCH3 is 1. The minimum absolute atomic E-state index is 0.00414. The van der Waals surface area contributed by atoms with E-state index in [1.165, 1.54) is 56.4 Å². The Bertz CT molecular complexity index is 5040. The highest BCUT2D eigenvalue weighted by Crippen LogP contribution is 2.58. The summed E-state index contributed by atoms with van der Waals surface area (Å²) in [7, 11) is 1.68. The number of halogens is 5. The molecule has 0 unspecified atom stereocenters. The molecule has 10 aromatic carbocycles. The molecule has 0 bridgehead atoms. The second-order valence-electron chi connectivity index (χ2n) is 37.1. The van der Waals surface area contributed by atoms with Gasteiger partial charge < -0.3 is 69.0 Å². The number of ether oxygens (including phenoxy) is 4. The Labute approximate surface area is 698 Å². The van der Waals surface area contributed by atoms with Crippen LogP contribution in [-0.2, 0) is 19.3 Å². The minimum Gasteiger partial charge on any atom is -0.507 e. The number of alkyl halides is 5. The molecule has 608 valence electrons. The number of aromatic hydroxyl groups is 5. The standard InChI is InChI=1S/C20H26ClNO2.C20H24ClNO.C19H22ClNO2.C18H20ClNO3.C18H22ClNO/c1-6-14(21)13-11-22(20(2,3)4)15-10-16(23)12-8-7-9-17(24-5)19(12)18(13)15;1-20(2,3)22-11-13(10-21)18-16(22)9-17(23)15-8-7-12-5-4-6-14(12)19(15)18;1-19(2,3)21-10-12(9-20)16-14(21)8-15(22)13-5-4-11-6-7-23-18(11)17(13)16;1-18(2,3)20-8-10(7-19)15-12(20)6-13(21)11-4-5-14-17(16(11)15)23-9-22-14;1-11(19)14-10-20(18(2,3)4)15-9-16(21)12-7-5-6-8-13(12)17(14)15/h7-10,13-14,23H,6,11H2,1-5H3;7-9,13,23H,4-6,10-11H2,1-3H3;4-5,8,12,22H,6-7,9-10H2,1-3H3;4-6,10,21H,7-9H2,1-3H3;5-9,11,14,21H,10H2,1-4H3/t13-,14+;13-;12-;10-;11-,14+/m01111/s1. The Morgan fingerprint density at radius 3 is 1.32 bits per heavy atom. The summed E-state index contributed by atoms with van der Waals surface area (Å²) in [5.74, 6) is 7.83. The average Bonchev–Trinajstić information content (AvgIpc) is 1.49. The fraction of sp³-hybridized carbons (Fsp3) is 0.474. The summed E-state index contributed by atoms with van der Waals surface area (Å²) in [5, 5.41) is 62.7. The van der Waals surface area contributed by atoms with Gasteiger partial charge >= 0.3 is 0 Å². The molecule has 0 aromatic heterocycles. The van der Waals surface area contributed by atoms with E-state index in [-0.39, 0.29) is 74.7 Å². The number of aryl methyl sites for hydroxylation is 2. The van der Waals surface area contributed by atoms with E-state index in [0.29, 0.717) is 53.2 Å². The van der Waals surface area contributed by atoms with Crippen molar-refractivity contribution in [3.8, 4) is 51.7 Å². The fourth-order valence-corrected chi connectivity index (χ4v) is 20.4. The zero-order chi connectivity index (χ0) is 82.1. The second-order valence-corrected chi connectivity index (χ2v) is 39.3. The van der Waals surface area contributed by atoms with Crippen LogP contribution >= 0.6 is 58.0 Å². The van der Waals surface area contributed by atoms with E-state index in [0.717, 1.165) is 158 Å². The van der Waals surface area contributed by atoms with Gasteiger partial charge in [0.15, 0.2) is 11.5 Å². The van der Waals surface area contributed by atoms with Crippen molar-refractivity contribution in [1.29, 1.82) is 0 Å². The topological polar surface area (TPSA) is 154 Å². The van der Waals surface area contributed by atoms with Gasteiger partial charge in [0.25, 0.3) is 0 Å². The molecule has 18 rings (SSSR count). The van der Waals surface area contributed by atoms with Gasteiger partial charge in [0, 0.05) is 227 Å². The van der Waals surface area contributed by atoms with E-state index in [1.807, 2.05) is 84.9 Å². The number of phenolic OH excluding ortho intramolecular Hbond substituents is 5. The maximum atomic E-state index is 10.6. The molecular formula is C95H114Cl5N5O9. The molecule has 8 aliphatic rings. The lowest BCUT2D eigenvalue weighted by molar-refractivity contribution is 0.175. The molecule has 7 heterocycles. The lowest BCUT2D eigenvalue weighted by atomic mass is 9.90. The largest absolute Gasteiger partial charge is 0.507 e. The number of rotatable bonds is 7. The molecule has 0 radical (unpaired) electrons. The van der Waals surface area contributed by atoms with Crippen LogP contribution in [0.25, 0.3) is 53.9 Å². The van der Waals surface area contributed by atoms with E-state index < -0.39 is 0 Å². The molecule has 0 spiro atoms. The molecule has 0 saturated heterocycles. The zero-order valence-electron chi connectivity index (χ0n) is 69.5. The predicted octanol–water partition coefficient (Wildman–Crippen LogP) is 23.8. The third-order valence-electron chi connectivity index (χ3n) is 24.7. The lowest BCUT2D eigenvalue weighted by Gasteiger charge is -2.35. The Hall–Kier alpha value is -7.85. The van der Waals surface area contributed by atoms with Crippen LogP contribution in [0, 0.1) is 0 Å². The van der Waals surface area contributed by atoms with Gasteiger partial charge in [0.1, 0.15) is 40.2 Å². The average molecular weight is 1650 g/mol. The van der Waals surface area contributed by atoms with Gasteiger partial charge in [-0.3, -0.25) is 0 Å². The third-order valence-corrected chi connectivity index (χ3v) is 26.8. The number of hydrogen-bond donors (Lipinski definition) is 5. The van der Waals surface area contributed by atoms with Crippen molar-refractivity contribution < 1.29 is 44.5 Å². The molecule has 7 aliphatic heterocycles. The Kier molecular flexibility index (Phi) is 22.6. The van der Waals surface area contributed by atoms with E-state index in [4.69, 9.17) is 77.0 Å². The highest BCUT2D eigenvalue weighted by atomic mass is 35.5. The number of hydrogen-bond acceptors (Lipinski definition) is 14. The maximum Gasteiger partial charge on any atom is 0.231 e. The van der Waals surface area contributed by atoms with E-state index in [2.05, 4.69) is 166 Å². The summed E-state index contributed by atoms with van der Waals surface area (Å²) in [6.07, 6.45) is 5.33. The SMILES string of the molecule is CC(C)(C)N1C[C@@H](CCl)c2c1cc(O)c1ccc3c(c21)CCC3.CC(C)(C)N1C[C@@H](CCl)c2c1cc(O)c1ccc3c(c21)OCC3.CC(C)(C)N1C[C@@H](CCl)c2c1cc(O)c1ccc3c(c21)OCO3.CC[C@@H](Cl)[C@@H]1CN(C(C)(C)C)c2cc(O)c3cccc(OC)c3c21.C[C@@H](Cl)[C@@H]1CN(C(C)(C)C)c2cc(O)c3ccccc3c21.